The van der Waals surface area contributed by atoms with E-state index in [1.165, 1.54) is 6.07 Å². The minimum atomic E-state index is -3.74. The number of thiocarbonyl (C=S) groups is 1. The first-order valence-electron chi connectivity index (χ1n) is 19.9. The molecule has 0 amide bonds. The van der Waals surface area contributed by atoms with E-state index in [1.54, 1.807) is 72.6 Å². The summed E-state index contributed by atoms with van der Waals surface area (Å²) in [7, 11) is -7.44. The van der Waals surface area contributed by atoms with Gasteiger partial charge in [-0.3, -0.25) is 9.13 Å². The van der Waals surface area contributed by atoms with Crippen LogP contribution in [0.5, 0.6) is 0 Å². The van der Waals surface area contributed by atoms with Gasteiger partial charge in [0.05, 0.1) is 33.8 Å². The highest BCUT2D eigenvalue weighted by molar-refractivity contribution is 7.90. The van der Waals surface area contributed by atoms with Crippen molar-refractivity contribution in [3.63, 3.8) is 0 Å². The number of hydrogen-bond donors (Lipinski definition) is 6. The van der Waals surface area contributed by atoms with E-state index in [9.17, 15) is 16.8 Å². The van der Waals surface area contributed by atoms with Crippen LogP contribution in [-0.2, 0) is 20.0 Å². The summed E-state index contributed by atoms with van der Waals surface area (Å²) in [4.78, 5) is 14.0. The third-order valence-electron chi connectivity index (χ3n) is 10.8. The molecule has 7 aromatic rings. The van der Waals surface area contributed by atoms with E-state index in [-0.39, 0.29) is 33.2 Å². The van der Waals surface area contributed by atoms with Crippen molar-refractivity contribution in [2.45, 2.75) is 101 Å². The van der Waals surface area contributed by atoms with Gasteiger partial charge in [0, 0.05) is 48.0 Å². The molecule has 2 aliphatic rings. The molecule has 8 N–H and O–H groups in total. The van der Waals surface area contributed by atoms with E-state index in [4.69, 9.17) is 44.9 Å². The zero-order valence-electron chi connectivity index (χ0n) is 34.5. The molecule has 0 atom stereocenters. The van der Waals surface area contributed by atoms with Crippen LogP contribution in [0, 0.1) is 32.5 Å². The largest absolute Gasteiger partial charge is 0.397 e. The molecular weight excluding hydrogens is 873 g/mol. The Labute approximate surface area is 369 Å². The molecule has 0 spiro atoms. The number of hydrogen-bond acceptors (Lipinski definition) is 14. The number of benzene rings is 2. The monoisotopic (exact) mass is 920 g/mol. The summed E-state index contributed by atoms with van der Waals surface area (Å²) < 4.78 is 71.6. The Morgan fingerprint density at radius 1 is 0.726 bits per heavy atom. The first-order valence-corrected chi connectivity index (χ1v) is 23.7. The minimum absolute atomic E-state index is 0.00407. The Kier molecular flexibility index (Phi) is 13.3. The van der Waals surface area contributed by atoms with Crippen molar-refractivity contribution in [1.29, 1.82) is 0 Å². The number of nitrogens with one attached hydrogen (secondary N) is 4. The SMILES string of the molecule is Cc1noc(C)c1-c1cc(N)c(N)c(S(=O)(=O)NC2CCCC2)c1.Cc1noc(C)c1-c1cc(S(=O)(=O)NC2CCCC2)c2[nH]c(=S)[nH]c2c1.S=C(n1ccnc1)n1ccnc1. The fraction of sp³-hybridized carbons (Fsp3) is 0.350. The van der Waals surface area contributed by atoms with Crippen molar-refractivity contribution in [3.05, 3.63) is 89.4 Å². The molecule has 22 heteroatoms. The summed E-state index contributed by atoms with van der Waals surface area (Å²) in [5.41, 5.74) is 17.6. The second-order valence-electron chi connectivity index (χ2n) is 15.3. The first-order chi connectivity index (χ1) is 29.5. The van der Waals surface area contributed by atoms with Crippen LogP contribution in [0.2, 0.25) is 0 Å². The minimum Gasteiger partial charge on any atom is -0.397 e. The van der Waals surface area contributed by atoms with Crippen molar-refractivity contribution < 1.29 is 25.9 Å². The van der Waals surface area contributed by atoms with Gasteiger partial charge in [0.15, 0.2) is 9.88 Å². The first kappa shape index (κ1) is 44.5. The molecule has 62 heavy (non-hydrogen) atoms. The number of sulfonamides is 2. The van der Waals surface area contributed by atoms with Crippen molar-refractivity contribution >= 4 is 72.0 Å². The van der Waals surface area contributed by atoms with Gasteiger partial charge in [-0.15, -0.1) is 0 Å². The van der Waals surface area contributed by atoms with Crippen LogP contribution in [-0.4, -0.2) is 73.4 Å². The van der Waals surface area contributed by atoms with Gasteiger partial charge in [0.2, 0.25) is 20.0 Å². The number of aryl methyl sites for hydroxylation is 4. The topological polar surface area (TPSA) is 264 Å². The zero-order valence-corrected chi connectivity index (χ0v) is 37.8. The number of fused-ring (bicyclic) bond motifs is 1. The highest BCUT2D eigenvalue weighted by atomic mass is 32.2. The molecular formula is C40H48N12O6S4. The third-order valence-corrected chi connectivity index (χ3v) is 14.5. The molecule has 18 nitrogen and oxygen atoms in total. The third kappa shape index (κ3) is 9.74. The number of nitrogens with two attached hydrogens (primary N) is 2. The Hall–Kier alpha value is -5.52. The van der Waals surface area contributed by atoms with E-state index in [0.29, 0.717) is 49.4 Å². The molecule has 0 saturated heterocycles. The Balaban J connectivity index is 0.000000149. The number of nitrogen functional groups attached to an aromatic ring is 2. The Bertz CT molecular complexity index is 2900. The number of nitrogens with zero attached hydrogens (tertiary/aromatic N) is 6. The van der Waals surface area contributed by atoms with Crippen LogP contribution in [0.1, 0.15) is 74.3 Å². The van der Waals surface area contributed by atoms with Crippen LogP contribution in [0.25, 0.3) is 33.3 Å². The normalized spacial score (nSPS) is 14.8. The maximum Gasteiger partial charge on any atom is 0.242 e. The lowest BCUT2D eigenvalue weighted by Crippen LogP contribution is -2.33. The molecule has 0 bridgehead atoms. The fourth-order valence-corrected chi connectivity index (χ4v) is 11.2. The molecule has 0 aliphatic heterocycles. The van der Waals surface area contributed by atoms with Gasteiger partial charge in [0.1, 0.15) is 34.0 Å². The number of imidazole rings is 3. The predicted molar refractivity (Wildman–Crippen MR) is 242 cm³/mol. The lowest BCUT2D eigenvalue weighted by atomic mass is 10.0. The molecule has 0 radical (unpaired) electrons. The van der Waals surface area contributed by atoms with E-state index >= 15 is 0 Å². The zero-order chi connectivity index (χ0) is 44.3. The van der Waals surface area contributed by atoms with Gasteiger partial charge in [0.25, 0.3) is 0 Å². The van der Waals surface area contributed by atoms with Gasteiger partial charge >= 0.3 is 0 Å². The molecule has 328 valence electrons. The second-order valence-corrected chi connectivity index (χ2v) is 19.4. The quantitative estimate of drug-likeness (QED) is 0.0675. The summed E-state index contributed by atoms with van der Waals surface area (Å²) in [5.74, 6) is 1.24. The number of rotatable bonds is 8. The molecule has 0 unspecified atom stereocenters. The number of aromatic nitrogens is 8. The summed E-state index contributed by atoms with van der Waals surface area (Å²) in [5, 5.41) is 8.53. The standard InChI is InChI=1S/C17H20N4O3S2.C16H22N4O3S.C7H6N4S/c1-9-15(10(2)24-20-9)11-7-13-16(19-17(25)18-13)14(8-11)26(22,23)21-12-5-3-4-6-12;1-9-15(10(2)23-19-9)11-7-13(17)16(18)14(8-11)24(21,22)20-12-5-3-4-6-12;12-7(10-3-1-8-5-10)11-4-2-9-6-11/h7-8,12,21H,3-6H2,1-2H3,(H2,18,19,25);7-8,12,20H,3-6,17-18H2,1-2H3;1-6H. The van der Waals surface area contributed by atoms with Crippen LogP contribution in [0.4, 0.5) is 11.4 Å². The van der Waals surface area contributed by atoms with Gasteiger partial charge in [-0.2, -0.15) is 0 Å². The molecule has 2 fully saturated rings. The molecule has 2 saturated carbocycles. The molecule has 5 heterocycles. The predicted octanol–water partition coefficient (Wildman–Crippen LogP) is 6.82. The average molecular weight is 921 g/mol. The number of H-pyrrole nitrogens is 2. The Morgan fingerprint density at radius 3 is 1.65 bits per heavy atom. The molecule has 9 rings (SSSR count). The highest BCUT2D eigenvalue weighted by Crippen LogP contribution is 2.36. The lowest BCUT2D eigenvalue weighted by molar-refractivity contribution is 0.393. The summed E-state index contributed by atoms with van der Waals surface area (Å²) in [6.45, 7) is 7.21. The maximum absolute atomic E-state index is 13.1. The molecule has 2 aromatic carbocycles. The van der Waals surface area contributed by atoms with Gasteiger partial charge in [-0.25, -0.2) is 36.2 Å². The van der Waals surface area contributed by atoms with Crippen molar-refractivity contribution in [1.82, 2.24) is 48.8 Å². The number of aromatic amines is 2. The lowest BCUT2D eigenvalue weighted by Gasteiger charge is -2.16. The van der Waals surface area contributed by atoms with E-state index in [2.05, 4.69) is 39.7 Å². The summed E-state index contributed by atoms with van der Waals surface area (Å²) in [6.07, 6.45) is 17.9. The van der Waals surface area contributed by atoms with Crippen molar-refractivity contribution in [2.24, 2.45) is 0 Å². The van der Waals surface area contributed by atoms with Crippen LogP contribution in [0.3, 0.4) is 0 Å². The van der Waals surface area contributed by atoms with Gasteiger partial charge < -0.3 is 30.5 Å². The van der Waals surface area contributed by atoms with E-state index < -0.39 is 20.0 Å². The highest BCUT2D eigenvalue weighted by Gasteiger charge is 2.28. The van der Waals surface area contributed by atoms with E-state index in [1.807, 2.05) is 19.9 Å². The molecule has 2 aliphatic carbocycles. The second kappa shape index (κ2) is 18.4. The van der Waals surface area contributed by atoms with Crippen molar-refractivity contribution in [2.75, 3.05) is 11.5 Å². The maximum atomic E-state index is 13.1. The average Bonchev–Trinajstić information content (AvgIpc) is 4.08. The summed E-state index contributed by atoms with van der Waals surface area (Å²) >= 11 is 10.3. The van der Waals surface area contributed by atoms with Crippen molar-refractivity contribution in [3.8, 4) is 22.3 Å². The number of anilines is 2. The molecule has 5 aromatic heterocycles. The fourth-order valence-electron chi connectivity index (χ4n) is 7.80. The van der Waals surface area contributed by atoms with Gasteiger partial charge in [-0.05, 0) is 113 Å². The van der Waals surface area contributed by atoms with E-state index in [0.717, 1.165) is 68.1 Å². The smallest absolute Gasteiger partial charge is 0.242 e. The van der Waals surface area contributed by atoms with Crippen LogP contribution in [0.15, 0.2) is 80.5 Å². The van der Waals surface area contributed by atoms with Gasteiger partial charge in [-0.1, -0.05) is 36.0 Å². The Morgan fingerprint density at radius 2 is 1.19 bits per heavy atom. The van der Waals surface area contributed by atoms with Crippen LogP contribution < -0.4 is 20.9 Å². The summed E-state index contributed by atoms with van der Waals surface area (Å²) in [6, 6.07) is 6.65. The van der Waals surface area contributed by atoms with Crippen LogP contribution >= 0.6 is 24.4 Å².